The highest BCUT2D eigenvalue weighted by atomic mass is 16.7. The molecular formula is C45H47B11N4O2. The van der Waals surface area contributed by atoms with Crippen molar-refractivity contribution in [2.45, 2.75) is 38.9 Å². The Hall–Kier alpha value is -5.24. The summed E-state index contributed by atoms with van der Waals surface area (Å²) < 4.78 is 15.8. The second kappa shape index (κ2) is 15.2. The van der Waals surface area contributed by atoms with Crippen molar-refractivity contribution in [1.82, 2.24) is 19.5 Å². The van der Waals surface area contributed by atoms with Gasteiger partial charge in [0.2, 0.25) is 0 Å². The van der Waals surface area contributed by atoms with Gasteiger partial charge in [-0.1, -0.05) is 88.6 Å². The Morgan fingerprint density at radius 1 is 0.468 bits per heavy atom. The SMILES string of the molecule is Bc1c(B)c(B)c(-c2nc(-c3cc(B4OC(C)(C)C(C)(C)O4)ccc3-n3c4ccccc4c4c(-c5ccccc5)cccc43)nc(-c3c(B)c(B)c(B)c(B)c3B)n2)c(B)c1B. The average Bonchev–Trinajstić information content (AvgIpc) is 3.72. The summed E-state index contributed by atoms with van der Waals surface area (Å²) in [4.78, 5) is 16.6. The molecule has 6 nitrogen and oxygen atoms in total. The maximum Gasteiger partial charge on any atom is 0.494 e. The van der Waals surface area contributed by atoms with Crippen LogP contribution in [0.4, 0.5) is 0 Å². The third-order valence-electron chi connectivity index (χ3n) is 14.9. The first-order valence-electron chi connectivity index (χ1n) is 21.9. The lowest BCUT2D eigenvalue weighted by molar-refractivity contribution is 0.00578. The minimum atomic E-state index is -0.588. The number of aromatic nitrogens is 4. The van der Waals surface area contributed by atoms with E-state index in [0.717, 1.165) is 38.9 Å². The van der Waals surface area contributed by atoms with Crippen LogP contribution in [0, 0.1) is 0 Å². The minimum absolute atomic E-state index is 0.517. The van der Waals surface area contributed by atoms with Gasteiger partial charge in [-0.3, -0.25) is 0 Å². The van der Waals surface area contributed by atoms with Crippen LogP contribution in [0.25, 0.3) is 72.8 Å². The molecule has 0 bridgehead atoms. The van der Waals surface area contributed by atoms with Gasteiger partial charge < -0.3 is 13.9 Å². The lowest BCUT2D eigenvalue weighted by atomic mass is 9.60. The van der Waals surface area contributed by atoms with Crippen LogP contribution >= 0.6 is 0 Å². The van der Waals surface area contributed by atoms with E-state index < -0.39 is 18.3 Å². The molecule has 0 amide bonds. The third kappa shape index (κ3) is 6.52. The number of para-hydroxylation sites is 1. The maximum atomic E-state index is 6.72. The molecule has 2 aromatic heterocycles. The van der Waals surface area contributed by atoms with Crippen LogP contribution in [0.5, 0.6) is 0 Å². The summed E-state index contributed by atoms with van der Waals surface area (Å²) in [6.45, 7) is 8.40. The Balaban J connectivity index is 1.41. The molecule has 0 spiro atoms. The molecule has 6 aromatic carbocycles. The second-order valence-corrected chi connectivity index (χ2v) is 18.6. The average molecular weight is 795 g/mol. The van der Waals surface area contributed by atoms with Gasteiger partial charge in [0.05, 0.1) is 27.9 Å². The van der Waals surface area contributed by atoms with Gasteiger partial charge in [-0.15, -0.1) is 32.8 Å². The lowest BCUT2D eigenvalue weighted by Crippen LogP contribution is -2.55. The van der Waals surface area contributed by atoms with E-state index in [-0.39, 0.29) is 0 Å². The molecule has 0 radical (unpaired) electrons. The van der Waals surface area contributed by atoms with Crippen molar-refractivity contribution in [3.05, 3.63) is 91.0 Å². The summed E-state index contributed by atoms with van der Waals surface area (Å²) >= 11 is 0. The second-order valence-electron chi connectivity index (χ2n) is 18.6. The van der Waals surface area contributed by atoms with Crippen molar-refractivity contribution in [1.29, 1.82) is 0 Å². The molecule has 1 saturated heterocycles. The standard InChI is InChI=1S/C45H47B11N4O2/c1-44(2)45(3,4)62-56(61-44)21-17-18-26(60-25-15-9-8-13-23(25)28-22(14-10-16-27(28)60)20-11-6-5-7-12-20)24(19-21)41-57-42(29-31(46)35(50)39(54)36(51)32(29)47)59-43(58-41)30-33(48)37(52)40(55)38(53)34(30)49/h5-19H,46-55H2,1-4H3. The van der Waals surface area contributed by atoms with Crippen LogP contribution in [-0.2, 0) is 9.31 Å². The summed E-state index contributed by atoms with van der Waals surface area (Å²) in [7, 11) is 21.5. The quantitative estimate of drug-likeness (QED) is 0.157. The molecule has 292 valence electrons. The Morgan fingerprint density at radius 2 is 0.935 bits per heavy atom. The van der Waals surface area contributed by atoms with Crippen LogP contribution in [0.3, 0.4) is 0 Å². The van der Waals surface area contributed by atoms with Crippen LogP contribution < -0.4 is 60.1 Å². The zero-order valence-corrected chi connectivity index (χ0v) is 38.8. The van der Waals surface area contributed by atoms with Crippen molar-refractivity contribution < 1.29 is 9.31 Å². The molecule has 62 heavy (non-hydrogen) atoms. The molecule has 0 atom stereocenters. The fourth-order valence-electron chi connectivity index (χ4n) is 9.58. The van der Waals surface area contributed by atoms with Gasteiger partial charge in [-0.05, 0) is 68.6 Å². The smallest absolute Gasteiger partial charge is 0.399 e. The predicted octanol–water partition coefficient (Wildman–Crippen LogP) is -7.48. The van der Waals surface area contributed by atoms with Gasteiger partial charge in [0, 0.05) is 27.5 Å². The minimum Gasteiger partial charge on any atom is -0.399 e. The number of fused-ring (bicyclic) bond motifs is 3. The number of rotatable bonds is 6. The number of hydrogen-bond acceptors (Lipinski definition) is 5. The summed E-state index contributed by atoms with van der Waals surface area (Å²) in [5, 5.41) is 2.37. The molecule has 8 aromatic rings. The zero-order chi connectivity index (χ0) is 44.2. The maximum absolute atomic E-state index is 6.72. The van der Waals surface area contributed by atoms with E-state index in [9.17, 15) is 0 Å². The topological polar surface area (TPSA) is 62.1 Å². The highest BCUT2D eigenvalue weighted by Crippen LogP contribution is 2.41. The van der Waals surface area contributed by atoms with Crippen molar-refractivity contribution in [3.8, 4) is 51.0 Å². The van der Waals surface area contributed by atoms with Crippen LogP contribution in [0.2, 0.25) is 0 Å². The zero-order valence-electron chi connectivity index (χ0n) is 38.8. The normalized spacial score (nSPS) is 14.5. The molecule has 1 fully saturated rings. The first-order valence-corrected chi connectivity index (χ1v) is 21.9. The summed E-state index contributed by atoms with van der Waals surface area (Å²) in [6, 6.07) is 32.5. The molecule has 0 saturated carbocycles. The highest BCUT2D eigenvalue weighted by molar-refractivity contribution is 6.70. The van der Waals surface area contributed by atoms with Crippen molar-refractivity contribution in [2.24, 2.45) is 0 Å². The van der Waals surface area contributed by atoms with Crippen molar-refractivity contribution in [2.75, 3.05) is 0 Å². The molecule has 0 aliphatic carbocycles. The van der Waals surface area contributed by atoms with E-state index >= 15 is 0 Å². The Kier molecular flexibility index (Phi) is 10.3. The van der Waals surface area contributed by atoms with E-state index in [1.165, 1.54) is 76.5 Å². The van der Waals surface area contributed by atoms with Gasteiger partial charge in [0.1, 0.15) is 78.5 Å². The fourth-order valence-corrected chi connectivity index (χ4v) is 9.58. The Labute approximate surface area is 375 Å². The molecule has 1 aliphatic rings. The predicted molar refractivity (Wildman–Crippen MR) is 293 cm³/mol. The first kappa shape index (κ1) is 42.1. The fraction of sp³-hybridized carbons (Fsp3) is 0.133. The van der Waals surface area contributed by atoms with Gasteiger partial charge in [0.25, 0.3) is 0 Å². The summed E-state index contributed by atoms with van der Waals surface area (Å²) in [6.07, 6.45) is 0. The molecule has 17 heteroatoms. The van der Waals surface area contributed by atoms with Gasteiger partial charge in [0.15, 0.2) is 17.5 Å². The van der Waals surface area contributed by atoms with E-state index in [2.05, 4.69) is 202 Å². The largest absolute Gasteiger partial charge is 0.494 e. The third-order valence-corrected chi connectivity index (χ3v) is 14.9. The van der Waals surface area contributed by atoms with E-state index in [1.54, 1.807) is 0 Å². The molecule has 9 rings (SSSR count). The van der Waals surface area contributed by atoms with E-state index in [0.29, 0.717) is 17.5 Å². The molecule has 0 N–H and O–H groups in total. The van der Waals surface area contributed by atoms with Crippen LogP contribution in [-0.4, -0.2) is 116 Å². The lowest BCUT2D eigenvalue weighted by Gasteiger charge is -2.32. The van der Waals surface area contributed by atoms with E-state index in [4.69, 9.17) is 24.3 Å². The Bertz CT molecular complexity index is 3010. The molecule has 1 aliphatic heterocycles. The van der Waals surface area contributed by atoms with Gasteiger partial charge >= 0.3 is 7.12 Å². The van der Waals surface area contributed by atoms with Crippen molar-refractivity contribution in [3.63, 3.8) is 0 Å². The molecule has 0 unspecified atom stereocenters. The number of benzene rings is 6. The summed E-state index contributed by atoms with van der Waals surface area (Å²) in [5.41, 5.74) is 20.7. The highest BCUT2D eigenvalue weighted by Gasteiger charge is 2.52. The van der Waals surface area contributed by atoms with Crippen molar-refractivity contribution >= 4 is 167 Å². The molecular weight excluding hydrogens is 747 g/mol. The Morgan fingerprint density at radius 3 is 1.48 bits per heavy atom. The number of hydrogen-bond donors (Lipinski definition) is 0. The van der Waals surface area contributed by atoms with Gasteiger partial charge in [-0.2, -0.15) is 0 Å². The first-order chi connectivity index (χ1) is 29.4. The van der Waals surface area contributed by atoms with Crippen LogP contribution in [0.15, 0.2) is 91.0 Å². The number of nitrogens with zero attached hydrogens (tertiary/aromatic N) is 4. The van der Waals surface area contributed by atoms with E-state index in [1.807, 2.05) is 0 Å². The van der Waals surface area contributed by atoms with Gasteiger partial charge in [-0.25, -0.2) is 15.0 Å². The van der Waals surface area contributed by atoms with Crippen LogP contribution in [0.1, 0.15) is 27.7 Å². The summed E-state index contributed by atoms with van der Waals surface area (Å²) in [5.74, 6) is 1.93. The monoisotopic (exact) mass is 796 g/mol. The molecule has 3 heterocycles.